The Kier molecular flexibility index (Phi) is 7.60. The van der Waals surface area contributed by atoms with Crippen molar-refractivity contribution in [3.63, 3.8) is 0 Å². The number of sulfone groups is 1. The van der Waals surface area contributed by atoms with Crippen LogP contribution >= 0.6 is 0 Å². The molecule has 0 heterocycles. The van der Waals surface area contributed by atoms with Crippen LogP contribution in [0.15, 0.2) is 76.5 Å². The molecule has 0 spiro atoms. The Bertz CT molecular complexity index is 1210. The molecule has 0 aromatic heterocycles. The van der Waals surface area contributed by atoms with E-state index in [0.29, 0.717) is 18.0 Å². The average Bonchev–Trinajstić information content (AvgIpc) is 2.82. The van der Waals surface area contributed by atoms with Gasteiger partial charge < -0.3 is 19.7 Å². The highest BCUT2D eigenvalue weighted by atomic mass is 32.2. The molecule has 3 aromatic carbocycles. The second kappa shape index (κ2) is 10.4. The van der Waals surface area contributed by atoms with E-state index in [-0.39, 0.29) is 28.0 Å². The van der Waals surface area contributed by atoms with Crippen LogP contribution in [-0.4, -0.2) is 47.0 Å². The summed E-state index contributed by atoms with van der Waals surface area (Å²) in [6.07, 6.45) is 0. The van der Waals surface area contributed by atoms with Crippen LogP contribution in [-0.2, 0) is 21.2 Å². The molecule has 174 valence electrons. The maximum Gasteiger partial charge on any atom is 0.241 e. The number of rotatable bonds is 9. The Morgan fingerprint density at radius 1 is 0.970 bits per heavy atom. The van der Waals surface area contributed by atoms with Crippen molar-refractivity contribution < 1.29 is 22.7 Å². The van der Waals surface area contributed by atoms with E-state index in [1.54, 1.807) is 42.3 Å². The van der Waals surface area contributed by atoms with Gasteiger partial charge in [0.1, 0.15) is 10.6 Å². The molecular formula is C25H28N2O5S. The van der Waals surface area contributed by atoms with Crippen molar-refractivity contribution in [1.29, 1.82) is 0 Å². The normalized spacial score (nSPS) is 11.0. The molecule has 0 bridgehead atoms. The molecule has 33 heavy (non-hydrogen) atoms. The summed E-state index contributed by atoms with van der Waals surface area (Å²) in [4.78, 5) is 14.4. The summed E-state index contributed by atoms with van der Waals surface area (Å²) in [5, 5.41) is 3.02. The molecule has 0 atom stereocenters. The van der Waals surface area contributed by atoms with Gasteiger partial charge in [-0.2, -0.15) is 0 Å². The molecule has 1 amide bonds. The second-order valence-corrected chi connectivity index (χ2v) is 9.53. The summed E-state index contributed by atoms with van der Waals surface area (Å²) < 4.78 is 37.5. The summed E-state index contributed by atoms with van der Waals surface area (Å²) >= 11 is 0. The summed E-state index contributed by atoms with van der Waals surface area (Å²) in [6, 6.07) is 19.3. The van der Waals surface area contributed by atoms with E-state index in [1.807, 2.05) is 37.3 Å². The lowest BCUT2D eigenvalue weighted by Crippen LogP contribution is -2.31. The Balaban J connectivity index is 1.88. The minimum Gasteiger partial charge on any atom is -0.497 e. The lowest BCUT2D eigenvalue weighted by atomic mass is 10.2. The maximum atomic E-state index is 13.4. The predicted octanol–water partition coefficient (Wildman–Crippen LogP) is 3.92. The first-order chi connectivity index (χ1) is 15.8. The number of nitrogens with zero attached hydrogens (tertiary/aromatic N) is 1. The molecule has 8 heteroatoms. The number of benzene rings is 3. The van der Waals surface area contributed by atoms with Gasteiger partial charge in [-0.1, -0.05) is 48.0 Å². The van der Waals surface area contributed by atoms with Gasteiger partial charge in [0, 0.05) is 25.7 Å². The summed E-state index contributed by atoms with van der Waals surface area (Å²) in [6.45, 7) is 2.30. The first kappa shape index (κ1) is 24.1. The number of hydrogen-bond donors (Lipinski definition) is 1. The molecule has 0 radical (unpaired) electrons. The number of anilines is 1. The zero-order valence-electron chi connectivity index (χ0n) is 19.2. The smallest absolute Gasteiger partial charge is 0.241 e. The monoisotopic (exact) mass is 468 g/mol. The molecule has 3 rings (SSSR count). The number of carbonyl (C=O) groups excluding carboxylic acids is 1. The van der Waals surface area contributed by atoms with Crippen molar-refractivity contribution in [1.82, 2.24) is 4.90 Å². The van der Waals surface area contributed by atoms with E-state index in [2.05, 4.69) is 5.32 Å². The fourth-order valence-corrected chi connectivity index (χ4v) is 4.79. The molecule has 0 unspecified atom stereocenters. The van der Waals surface area contributed by atoms with Gasteiger partial charge in [0.15, 0.2) is 5.75 Å². The standard InChI is InChI=1S/C25H28N2O5S/c1-18-10-12-21(13-11-18)33(29,30)23-15-20(31-3)14-22(25(23)32-4)26-16-24(28)27(2)17-19-8-6-5-7-9-19/h5-15,26H,16-17H2,1-4H3. The minimum atomic E-state index is -3.89. The zero-order chi connectivity index (χ0) is 24.0. The molecule has 7 nitrogen and oxygen atoms in total. The highest BCUT2D eigenvalue weighted by Crippen LogP contribution is 2.39. The number of amides is 1. The van der Waals surface area contributed by atoms with Crippen molar-refractivity contribution in [2.45, 2.75) is 23.3 Å². The molecule has 3 aromatic rings. The van der Waals surface area contributed by atoms with Crippen LogP contribution in [0.4, 0.5) is 5.69 Å². The third-order valence-corrected chi connectivity index (χ3v) is 6.98. The molecule has 0 aliphatic heterocycles. The fraction of sp³-hybridized carbons (Fsp3) is 0.240. The third-order valence-electron chi connectivity index (χ3n) is 5.21. The Morgan fingerprint density at radius 2 is 1.64 bits per heavy atom. The van der Waals surface area contributed by atoms with Gasteiger partial charge in [-0.3, -0.25) is 4.79 Å². The highest BCUT2D eigenvalue weighted by Gasteiger charge is 2.26. The van der Waals surface area contributed by atoms with Gasteiger partial charge in [0.2, 0.25) is 15.7 Å². The van der Waals surface area contributed by atoms with Crippen molar-refractivity contribution in [2.75, 3.05) is 33.1 Å². The number of hydrogen-bond acceptors (Lipinski definition) is 6. The van der Waals surface area contributed by atoms with E-state index in [1.165, 1.54) is 20.3 Å². The van der Waals surface area contributed by atoms with Gasteiger partial charge >= 0.3 is 0 Å². The minimum absolute atomic E-state index is 0.0409. The van der Waals surface area contributed by atoms with Crippen molar-refractivity contribution in [3.8, 4) is 11.5 Å². The summed E-state index contributed by atoms with van der Waals surface area (Å²) in [5.74, 6) is 0.288. The number of carbonyl (C=O) groups is 1. The molecular weight excluding hydrogens is 440 g/mol. The molecule has 0 saturated carbocycles. The number of nitrogens with one attached hydrogen (secondary N) is 1. The lowest BCUT2D eigenvalue weighted by molar-refractivity contribution is -0.128. The molecule has 1 N–H and O–H groups in total. The second-order valence-electron chi connectivity index (χ2n) is 7.61. The van der Waals surface area contributed by atoms with E-state index in [4.69, 9.17) is 9.47 Å². The summed E-state index contributed by atoms with van der Waals surface area (Å²) in [5.41, 5.74) is 2.31. The molecule has 0 fully saturated rings. The average molecular weight is 469 g/mol. The lowest BCUT2D eigenvalue weighted by Gasteiger charge is -2.20. The number of ether oxygens (including phenoxy) is 2. The van der Waals surface area contributed by atoms with Crippen molar-refractivity contribution in [3.05, 3.63) is 77.9 Å². The molecule has 0 aliphatic carbocycles. The van der Waals surface area contributed by atoms with E-state index < -0.39 is 9.84 Å². The number of methoxy groups -OCH3 is 2. The van der Waals surface area contributed by atoms with Crippen molar-refractivity contribution >= 4 is 21.4 Å². The van der Waals surface area contributed by atoms with E-state index in [0.717, 1.165) is 11.1 Å². The molecule has 0 aliphatic rings. The Hall–Kier alpha value is -3.52. The number of likely N-dealkylation sites (N-methyl/N-ethyl adjacent to an activating group) is 1. The topological polar surface area (TPSA) is 84.9 Å². The third kappa shape index (κ3) is 5.64. The van der Waals surface area contributed by atoms with Crippen LogP contribution in [0.1, 0.15) is 11.1 Å². The summed E-state index contributed by atoms with van der Waals surface area (Å²) in [7, 11) is 0.670. The number of aryl methyl sites for hydroxylation is 1. The Morgan fingerprint density at radius 3 is 2.24 bits per heavy atom. The van der Waals surface area contributed by atoms with Crippen molar-refractivity contribution in [2.24, 2.45) is 0 Å². The van der Waals surface area contributed by atoms with Crippen LogP contribution < -0.4 is 14.8 Å². The highest BCUT2D eigenvalue weighted by molar-refractivity contribution is 7.91. The van der Waals surface area contributed by atoms with Crippen LogP contribution in [0.3, 0.4) is 0 Å². The van der Waals surface area contributed by atoms with E-state index >= 15 is 0 Å². The van der Waals surface area contributed by atoms with Crippen LogP contribution in [0.5, 0.6) is 11.5 Å². The zero-order valence-corrected chi connectivity index (χ0v) is 20.0. The first-order valence-corrected chi connectivity index (χ1v) is 11.8. The van der Waals surface area contributed by atoms with Gasteiger partial charge in [-0.05, 0) is 24.6 Å². The van der Waals surface area contributed by atoms with Gasteiger partial charge in [-0.15, -0.1) is 0 Å². The predicted molar refractivity (Wildman–Crippen MR) is 128 cm³/mol. The van der Waals surface area contributed by atoms with Crippen LogP contribution in [0.25, 0.3) is 0 Å². The van der Waals surface area contributed by atoms with E-state index in [9.17, 15) is 13.2 Å². The van der Waals surface area contributed by atoms with Crippen LogP contribution in [0, 0.1) is 6.92 Å². The van der Waals surface area contributed by atoms with Gasteiger partial charge in [-0.25, -0.2) is 8.42 Å². The quantitative estimate of drug-likeness (QED) is 0.513. The SMILES string of the molecule is COc1cc(NCC(=O)N(C)Cc2ccccc2)c(OC)c(S(=O)(=O)c2ccc(C)cc2)c1. The fourth-order valence-electron chi connectivity index (χ4n) is 3.33. The van der Waals surface area contributed by atoms with Gasteiger partial charge in [0.05, 0.1) is 31.3 Å². The van der Waals surface area contributed by atoms with Gasteiger partial charge in [0.25, 0.3) is 0 Å². The first-order valence-electron chi connectivity index (χ1n) is 10.4. The largest absolute Gasteiger partial charge is 0.497 e. The Labute approximate surface area is 194 Å². The molecule has 0 saturated heterocycles. The maximum absolute atomic E-state index is 13.4. The van der Waals surface area contributed by atoms with Crippen LogP contribution in [0.2, 0.25) is 0 Å².